The van der Waals surface area contributed by atoms with Gasteiger partial charge in [-0.1, -0.05) is 24.3 Å². The van der Waals surface area contributed by atoms with Crippen molar-refractivity contribution in [3.05, 3.63) is 58.4 Å². The van der Waals surface area contributed by atoms with Gasteiger partial charge in [0.05, 0.1) is 5.56 Å². The Morgan fingerprint density at radius 3 is 2.45 bits per heavy atom. The molecular weight excluding hydrogens is 252 g/mol. The zero-order valence-corrected chi connectivity index (χ0v) is 11.6. The molecule has 2 rings (SSSR count). The summed E-state index contributed by atoms with van der Waals surface area (Å²) < 4.78 is 0. The van der Waals surface area contributed by atoms with Crippen LogP contribution in [0.5, 0.6) is 0 Å². The van der Waals surface area contributed by atoms with E-state index in [4.69, 9.17) is 11.1 Å². The molecule has 2 aromatic rings. The lowest BCUT2D eigenvalue weighted by Crippen LogP contribution is -2.23. The topological polar surface area (TPSA) is 94.8 Å². The second-order valence-electron chi connectivity index (χ2n) is 4.78. The Morgan fingerprint density at radius 2 is 1.95 bits per heavy atom. The molecule has 0 aliphatic rings. The molecule has 1 aromatic carbocycles. The molecule has 104 valence electrons. The smallest absolute Gasteiger partial charge is 0.253 e. The minimum atomic E-state index is -0.0949. The number of amidine groups is 1. The van der Waals surface area contributed by atoms with E-state index in [1.54, 1.807) is 12.1 Å². The van der Waals surface area contributed by atoms with Gasteiger partial charge in [-0.3, -0.25) is 10.2 Å². The molecule has 5 nitrogen and oxygen atoms in total. The van der Waals surface area contributed by atoms with E-state index in [1.807, 2.05) is 32.0 Å². The summed E-state index contributed by atoms with van der Waals surface area (Å²) in [6, 6.07) is 9.09. The van der Waals surface area contributed by atoms with E-state index in [9.17, 15) is 4.79 Å². The van der Waals surface area contributed by atoms with E-state index < -0.39 is 0 Å². The molecule has 1 heterocycles. The Kier molecular flexibility index (Phi) is 3.89. The van der Waals surface area contributed by atoms with Crippen LogP contribution in [0.4, 0.5) is 0 Å². The molecular formula is C15H18N4O. The van der Waals surface area contributed by atoms with Gasteiger partial charge in [-0.05, 0) is 25.5 Å². The number of nitrogens with one attached hydrogen (secondary N) is 3. The van der Waals surface area contributed by atoms with Crippen LogP contribution in [0.25, 0.3) is 0 Å². The van der Waals surface area contributed by atoms with E-state index in [0.717, 1.165) is 17.0 Å². The largest absolute Gasteiger partial charge is 0.384 e. The Bertz CT molecular complexity index is 640. The van der Waals surface area contributed by atoms with Crippen LogP contribution in [0.15, 0.2) is 30.3 Å². The van der Waals surface area contributed by atoms with Gasteiger partial charge >= 0.3 is 0 Å². The third-order valence-electron chi connectivity index (χ3n) is 3.11. The summed E-state index contributed by atoms with van der Waals surface area (Å²) in [5, 5.41) is 10.2. The van der Waals surface area contributed by atoms with Crippen LogP contribution in [-0.4, -0.2) is 16.7 Å². The number of benzene rings is 1. The first-order valence-corrected chi connectivity index (χ1v) is 6.35. The highest BCUT2D eigenvalue weighted by Crippen LogP contribution is 2.10. The Labute approximate surface area is 117 Å². The third-order valence-corrected chi connectivity index (χ3v) is 3.11. The molecule has 5 heteroatoms. The predicted molar refractivity (Wildman–Crippen MR) is 78.9 cm³/mol. The van der Waals surface area contributed by atoms with Gasteiger partial charge in [0, 0.05) is 23.5 Å². The molecule has 20 heavy (non-hydrogen) atoms. The van der Waals surface area contributed by atoms with Crippen molar-refractivity contribution in [1.29, 1.82) is 5.41 Å². The zero-order chi connectivity index (χ0) is 14.7. The monoisotopic (exact) mass is 270 g/mol. The van der Waals surface area contributed by atoms with E-state index in [1.165, 1.54) is 0 Å². The molecule has 0 aliphatic carbocycles. The third kappa shape index (κ3) is 3.06. The van der Waals surface area contributed by atoms with Crippen molar-refractivity contribution in [2.75, 3.05) is 0 Å². The van der Waals surface area contributed by atoms with E-state index >= 15 is 0 Å². The average Bonchev–Trinajstić information content (AvgIpc) is 2.75. The Balaban J connectivity index is 2.00. The van der Waals surface area contributed by atoms with E-state index in [0.29, 0.717) is 17.7 Å². The maximum absolute atomic E-state index is 12.0. The maximum atomic E-state index is 12.0. The van der Waals surface area contributed by atoms with Crippen LogP contribution in [-0.2, 0) is 6.54 Å². The van der Waals surface area contributed by atoms with Gasteiger partial charge in [-0.2, -0.15) is 0 Å². The highest BCUT2D eigenvalue weighted by atomic mass is 16.1. The number of amides is 1. The minimum Gasteiger partial charge on any atom is -0.384 e. The Morgan fingerprint density at radius 1 is 1.30 bits per heavy atom. The van der Waals surface area contributed by atoms with Gasteiger partial charge in [-0.15, -0.1) is 0 Å². The zero-order valence-electron chi connectivity index (χ0n) is 11.6. The highest BCUT2D eigenvalue weighted by Gasteiger charge is 2.10. The number of rotatable bonds is 4. The molecule has 0 radical (unpaired) electrons. The van der Waals surface area contributed by atoms with Gasteiger partial charge < -0.3 is 16.0 Å². The average molecular weight is 270 g/mol. The summed E-state index contributed by atoms with van der Waals surface area (Å²) in [5.41, 5.74) is 9.54. The van der Waals surface area contributed by atoms with E-state index in [-0.39, 0.29) is 11.7 Å². The second kappa shape index (κ2) is 5.61. The van der Waals surface area contributed by atoms with Gasteiger partial charge in [0.1, 0.15) is 5.84 Å². The maximum Gasteiger partial charge on any atom is 0.253 e. The molecule has 0 aliphatic heterocycles. The molecule has 0 saturated carbocycles. The van der Waals surface area contributed by atoms with Crippen LogP contribution < -0.4 is 11.1 Å². The molecule has 0 unspecified atom stereocenters. The predicted octanol–water partition coefficient (Wildman–Crippen LogP) is 1.85. The Hall–Kier alpha value is -2.56. The first-order valence-electron chi connectivity index (χ1n) is 6.35. The van der Waals surface area contributed by atoms with Crippen molar-refractivity contribution >= 4 is 11.7 Å². The number of carbonyl (C=O) groups excluding carboxylic acids is 1. The van der Waals surface area contributed by atoms with Crippen LogP contribution in [0.2, 0.25) is 0 Å². The summed E-state index contributed by atoms with van der Waals surface area (Å²) in [7, 11) is 0. The van der Waals surface area contributed by atoms with Crippen molar-refractivity contribution in [3.8, 4) is 0 Å². The first kappa shape index (κ1) is 13.9. The number of nitrogen functional groups attached to an aromatic ring is 1. The molecule has 1 aromatic heterocycles. The van der Waals surface area contributed by atoms with Crippen LogP contribution in [0.3, 0.4) is 0 Å². The molecule has 5 N–H and O–H groups in total. The summed E-state index contributed by atoms with van der Waals surface area (Å²) in [6.45, 7) is 4.24. The van der Waals surface area contributed by atoms with Gasteiger partial charge in [0.25, 0.3) is 5.91 Å². The van der Waals surface area contributed by atoms with Gasteiger partial charge in [0.2, 0.25) is 0 Å². The first-order chi connectivity index (χ1) is 9.47. The van der Waals surface area contributed by atoms with Crippen LogP contribution >= 0.6 is 0 Å². The summed E-state index contributed by atoms with van der Waals surface area (Å²) in [6.07, 6.45) is 0. The molecule has 0 atom stereocenters. The van der Waals surface area contributed by atoms with Crippen molar-refractivity contribution < 1.29 is 4.79 Å². The SMILES string of the molecule is Cc1cc(C(=O)NCc2ccc(C(=N)N)cc2)c(C)[nH]1. The molecule has 0 spiro atoms. The fraction of sp³-hybridized carbons (Fsp3) is 0.200. The van der Waals surface area contributed by atoms with Crippen LogP contribution in [0, 0.1) is 19.3 Å². The molecule has 0 saturated heterocycles. The van der Waals surface area contributed by atoms with E-state index in [2.05, 4.69) is 10.3 Å². The standard InChI is InChI=1S/C15H18N4O/c1-9-7-13(10(2)19-9)15(20)18-8-11-3-5-12(6-4-11)14(16)17/h3-7,19H,8H2,1-2H3,(H3,16,17)(H,18,20). The number of carbonyl (C=O) groups is 1. The van der Waals surface area contributed by atoms with Crippen LogP contribution in [0.1, 0.15) is 32.9 Å². The normalized spacial score (nSPS) is 10.3. The fourth-order valence-corrected chi connectivity index (χ4v) is 2.04. The van der Waals surface area contributed by atoms with Gasteiger partial charge in [0.15, 0.2) is 0 Å². The second-order valence-corrected chi connectivity index (χ2v) is 4.78. The highest BCUT2D eigenvalue weighted by molar-refractivity contribution is 5.96. The lowest BCUT2D eigenvalue weighted by molar-refractivity contribution is 0.0950. The quantitative estimate of drug-likeness (QED) is 0.504. The minimum absolute atomic E-state index is 0.0407. The molecule has 0 bridgehead atoms. The molecule has 1 amide bonds. The lowest BCUT2D eigenvalue weighted by Gasteiger charge is -2.06. The lowest BCUT2D eigenvalue weighted by atomic mass is 10.1. The number of hydrogen-bond acceptors (Lipinski definition) is 2. The van der Waals surface area contributed by atoms with Gasteiger partial charge in [-0.25, -0.2) is 0 Å². The number of aromatic amines is 1. The van der Waals surface area contributed by atoms with Crippen molar-refractivity contribution in [2.45, 2.75) is 20.4 Å². The van der Waals surface area contributed by atoms with Crippen molar-refractivity contribution in [1.82, 2.24) is 10.3 Å². The summed E-state index contributed by atoms with van der Waals surface area (Å²) in [4.78, 5) is 15.2. The number of aryl methyl sites for hydroxylation is 2. The number of nitrogens with two attached hydrogens (primary N) is 1. The molecule has 0 fully saturated rings. The summed E-state index contributed by atoms with van der Waals surface area (Å²) in [5.74, 6) is -0.0542. The summed E-state index contributed by atoms with van der Waals surface area (Å²) >= 11 is 0. The number of H-pyrrole nitrogens is 1. The number of aromatic nitrogens is 1. The fourth-order valence-electron chi connectivity index (χ4n) is 2.04. The van der Waals surface area contributed by atoms with Crippen molar-refractivity contribution in [2.24, 2.45) is 5.73 Å². The van der Waals surface area contributed by atoms with Crippen molar-refractivity contribution in [3.63, 3.8) is 0 Å². The number of hydrogen-bond donors (Lipinski definition) is 4.